The Kier molecular flexibility index (Phi) is 2.85. The number of rotatable bonds is 1. The molecule has 0 amide bonds. The lowest BCUT2D eigenvalue weighted by Gasteiger charge is -2.10. The third-order valence-electron chi connectivity index (χ3n) is 2.27. The summed E-state index contributed by atoms with van der Waals surface area (Å²) < 4.78 is 2.98. The molecular weight excluding hydrogens is 275 g/mol. The number of aryl methyl sites for hydroxylation is 2. The number of aromatic nitrogens is 2. The molecule has 78 valence electrons. The van der Waals surface area contributed by atoms with Crippen molar-refractivity contribution in [3.8, 4) is 5.82 Å². The van der Waals surface area contributed by atoms with Gasteiger partial charge in [-0.2, -0.15) is 0 Å². The summed E-state index contributed by atoms with van der Waals surface area (Å²) in [5.74, 6) is 0.874. The van der Waals surface area contributed by atoms with Gasteiger partial charge in [0.1, 0.15) is 0 Å². The Balaban J connectivity index is 2.64. The van der Waals surface area contributed by atoms with E-state index >= 15 is 0 Å². The van der Waals surface area contributed by atoms with E-state index in [-0.39, 0.29) is 0 Å². The van der Waals surface area contributed by atoms with Crippen LogP contribution in [0.25, 0.3) is 5.82 Å². The minimum Gasteiger partial charge on any atom is -0.302 e. The van der Waals surface area contributed by atoms with E-state index in [4.69, 9.17) is 11.6 Å². The fourth-order valence-electron chi connectivity index (χ4n) is 1.57. The zero-order valence-electron chi connectivity index (χ0n) is 8.46. The van der Waals surface area contributed by atoms with Crippen molar-refractivity contribution in [3.63, 3.8) is 0 Å². The van der Waals surface area contributed by atoms with Gasteiger partial charge in [-0.05, 0) is 48.0 Å². The van der Waals surface area contributed by atoms with Crippen LogP contribution in [0.2, 0.25) is 5.02 Å². The average molecular weight is 286 g/mol. The van der Waals surface area contributed by atoms with Gasteiger partial charge >= 0.3 is 0 Å². The third kappa shape index (κ3) is 1.94. The highest BCUT2D eigenvalue weighted by atomic mass is 79.9. The second-order valence-electron chi connectivity index (χ2n) is 3.41. The monoisotopic (exact) mass is 284 g/mol. The molecule has 0 spiro atoms. The van der Waals surface area contributed by atoms with Gasteiger partial charge in [0.15, 0.2) is 5.82 Å². The van der Waals surface area contributed by atoms with Gasteiger partial charge in [-0.1, -0.05) is 11.6 Å². The van der Waals surface area contributed by atoms with Crippen LogP contribution in [0.1, 0.15) is 11.4 Å². The maximum Gasteiger partial charge on any atom is 0.151 e. The van der Waals surface area contributed by atoms with Crippen molar-refractivity contribution >= 4 is 27.5 Å². The zero-order valence-corrected chi connectivity index (χ0v) is 10.8. The standard InChI is InChI=1S/C11H10BrClN2/c1-7-3-4-8(2)15(7)11-10(12)5-9(13)6-14-11/h3-6H,1-2H3. The van der Waals surface area contributed by atoms with Crippen molar-refractivity contribution in [1.82, 2.24) is 9.55 Å². The molecule has 0 aromatic carbocycles. The molecule has 0 saturated heterocycles. The highest BCUT2D eigenvalue weighted by Gasteiger charge is 2.09. The molecule has 0 aliphatic rings. The summed E-state index contributed by atoms with van der Waals surface area (Å²) in [5.41, 5.74) is 2.31. The highest BCUT2D eigenvalue weighted by molar-refractivity contribution is 9.10. The number of nitrogens with zero attached hydrogens (tertiary/aromatic N) is 2. The molecule has 0 fully saturated rings. The van der Waals surface area contributed by atoms with E-state index in [1.807, 2.05) is 6.07 Å². The van der Waals surface area contributed by atoms with E-state index in [1.54, 1.807) is 6.20 Å². The lowest BCUT2D eigenvalue weighted by atomic mass is 10.4. The van der Waals surface area contributed by atoms with Gasteiger partial charge in [0.05, 0.1) is 9.50 Å². The first kappa shape index (κ1) is 10.7. The van der Waals surface area contributed by atoms with E-state index in [0.29, 0.717) is 5.02 Å². The number of pyridine rings is 1. The molecule has 15 heavy (non-hydrogen) atoms. The summed E-state index contributed by atoms with van der Waals surface area (Å²) in [6, 6.07) is 5.99. The Labute approximate surface area is 102 Å². The van der Waals surface area contributed by atoms with Crippen molar-refractivity contribution < 1.29 is 0 Å². The first-order valence-corrected chi connectivity index (χ1v) is 5.73. The molecule has 2 nitrogen and oxygen atoms in total. The van der Waals surface area contributed by atoms with Gasteiger partial charge in [-0.3, -0.25) is 0 Å². The zero-order chi connectivity index (χ0) is 11.0. The predicted octanol–water partition coefficient (Wildman–Crippen LogP) is 3.91. The molecule has 0 saturated carbocycles. The molecule has 0 atom stereocenters. The maximum atomic E-state index is 5.86. The molecule has 0 aliphatic heterocycles. The molecule has 0 N–H and O–H groups in total. The van der Waals surface area contributed by atoms with Crippen LogP contribution in [0.4, 0.5) is 0 Å². The normalized spacial score (nSPS) is 10.7. The van der Waals surface area contributed by atoms with E-state index < -0.39 is 0 Å². The van der Waals surface area contributed by atoms with Crippen LogP contribution in [0.5, 0.6) is 0 Å². The van der Waals surface area contributed by atoms with Crippen LogP contribution in [-0.4, -0.2) is 9.55 Å². The quantitative estimate of drug-likeness (QED) is 0.777. The lowest BCUT2D eigenvalue weighted by Crippen LogP contribution is -2.02. The fourth-order valence-corrected chi connectivity index (χ4v) is 2.39. The van der Waals surface area contributed by atoms with E-state index in [2.05, 4.69) is 51.5 Å². The molecule has 0 radical (unpaired) electrons. The molecule has 2 aromatic heterocycles. The molecule has 0 unspecified atom stereocenters. The van der Waals surface area contributed by atoms with E-state index in [9.17, 15) is 0 Å². The summed E-state index contributed by atoms with van der Waals surface area (Å²) >= 11 is 9.33. The van der Waals surface area contributed by atoms with Gasteiger partial charge in [0.25, 0.3) is 0 Å². The van der Waals surface area contributed by atoms with E-state index in [1.165, 1.54) is 0 Å². The summed E-state index contributed by atoms with van der Waals surface area (Å²) in [4.78, 5) is 4.33. The van der Waals surface area contributed by atoms with Gasteiger partial charge in [-0.25, -0.2) is 4.98 Å². The predicted molar refractivity (Wildman–Crippen MR) is 65.7 cm³/mol. The lowest BCUT2D eigenvalue weighted by molar-refractivity contribution is 0.916. The smallest absolute Gasteiger partial charge is 0.151 e. The van der Waals surface area contributed by atoms with Crippen molar-refractivity contribution in [2.45, 2.75) is 13.8 Å². The molecule has 2 aromatic rings. The van der Waals surface area contributed by atoms with Crippen LogP contribution in [-0.2, 0) is 0 Å². The van der Waals surface area contributed by atoms with Crippen LogP contribution >= 0.6 is 27.5 Å². The number of halogens is 2. The van der Waals surface area contributed by atoms with E-state index in [0.717, 1.165) is 21.7 Å². The minimum absolute atomic E-state index is 0.632. The van der Waals surface area contributed by atoms with Gasteiger partial charge in [0, 0.05) is 17.6 Å². The Bertz CT molecular complexity index is 486. The fraction of sp³-hybridized carbons (Fsp3) is 0.182. The second kappa shape index (κ2) is 3.99. The van der Waals surface area contributed by atoms with Crippen LogP contribution in [0, 0.1) is 13.8 Å². The molecule has 4 heteroatoms. The van der Waals surface area contributed by atoms with Crippen LogP contribution in [0.3, 0.4) is 0 Å². The second-order valence-corrected chi connectivity index (χ2v) is 4.70. The summed E-state index contributed by atoms with van der Waals surface area (Å²) in [7, 11) is 0. The molecule has 0 aliphatic carbocycles. The summed E-state index contributed by atoms with van der Waals surface area (Å²) in [5, 5.41) is 0.632. The average Bonchev–Trinajstić information content (AvgIpc) is 2.48. The maximum absolute atomic E-state index is 5.86. The van der Waals surface area contributed by atoms with Crippen LogP contribution < -0.4 is 0 Å². The largest absolute Gasteiger partial charge is 0.302 e. The molecule has 0 bridgehead atoms. The Morgan fingerprint density at radius 2 is 1.87 bits per heavy atom. The highest BCUT2D eigenvalue weighted by Crippen LogP contribution is 2.25. The summed E-state index contributed by atoms with van der Waals surface area (Å²) in [6.07, 6.45) is 1.65. The Hall–Kier alpha value is -0.800. The van der Waals surface area contributed by atoms with Gasteiger partial charge in [-0.15, -0.1) is 0 Å². The van der Waals surface area contributed by atoms with Crippen molar-refractivity contribution in [2.75, 3.05) is 0 Å². The van der Waals surface area contributed by atoms with Crippen molar-refractivity contribution in [3.05, 3.63) is 45.3 Å². The number of hydrogen-bond acceptors (Lipinski definition) is 1. The SMILES string of the molecule is Cc1ccc(C)n1-c1ncc(Cl)cc1Br. The van der Waals surface area contributed by atoms with Crippen LogP contribution in [0.15, 0.2) is 28.9 Å². The molecule has 2 rings (SSSR count). The minimum atomic E-state index is 0.632. The van der Waals surface area contributed by atoms with Crippen molar-refractivity contribution in [2.24, 2.45) is 0 Å². The van der Waals surface area contributed by atoms with Crippen molar-refractivity contribution in [1.29, 1.82) is 0 Å². The molecule has 2 heterocycles. The third-order valence-corrected chi connectivity index (χ3v) is 3.06. The Morgan fingerprint density at radius 1 is 1.27 bits per heavy atom. The number of hydrogen-bond donors (Lipinski definition) is 0. The Morgan fingerprint density at radius 3 is 2.40 bits per heavy atom. The first-order valence-electron chi connectivity index (χ1n) is 4.56. The first-order chi connectivity index (χ1) is 7.09. The van der Waals surface area contributed by atoms with Gasteiger partial charge < -0.3 is 4.57 Å². The van der Waals surface area contributed by atoms with Gasteiger partial charge in [0.2, 0.25) is 0 Å². The molecular formula is C11H10BrClN2. The topological polar surface area (TPSA) is 17.8 Å². The summed E-state index contributed by atoms with van der Waals surface area (Å²) in [6.45, 7) is 4.10.